The monoisotopic (exact) mass is 214 g/mol. The zero-order chi connectivity index (χ0) is 10.9. The average Bonchev–Trinajstić information content (AvgIpc) is 2.76. The van der Waals surface area contributed by atoms with Crippen LogP contribution in [0.15, 0.2) is 0 Å². The minimum atomic E-state index is 0.0527. The second-order valence-electron chi connectivity index (χ2n) is 3.84. The van der Waals surface area contributed by atoms with Gasteiger partial charge in [0.25, 0.3) is 0 Å². The Bertz CT molecular complexity index is 179. The first kappa shape index (κ1) is 12.5. The van der Waals surface area contributed by atoms with E-state index in [-0.39, 0.29) is 11.9 Å². The lowest BCUT2D eigenvalue weighted by molar-refractivity contribution is -0.122. The number of hydrogen-bond donors (Lipinski definition) is 2. The van der Waals surface area contributed by atoms with Crippen molar-refractivity contribution in [3.63, 3.8) is 0 Å². The summed E-state index contributed by atoms with van der Waals surface area (Å²) in [7, 11) is 0. The van der Waals surface area contributed by atoms with E-state index in [2.05, 4.69) is 10.6 Å². The fourth-order valence-electron chi connectivity index (χ4n) is 1.72. The van der Waals surface area contributed by atoms with Crippen LogP contribution in [0.1, 0.15) is 32.6 Å². The van der Waals surface area contributed by atoms with Gasteiger partial charge in [-0.3, -0.25) is 4.79 Å². The number of hydrogen-bond acceptors (Lipinski definition) is 3. The predicted molar refractivity (Wildman–Crippen MR) is 59.8 cm³/mol. The van der Waals surface area contributed by atoms with Gasteiger partial charge in [0.1, 0.15) is 0 Å². The molecular weight excluding hydrogens is 192 g/mol. The highest BCUT2D eigenvalue weighted by atomic mass is 16.5. The highest BCUT2D eigenvalue weighted by molar-refractivity contribution is 5.81. The lowest BCUT2D eigenvalue weighted by Gasteiger charge is -2.10. The van der Waals surface area contributed by atoms with Crippen LogP contribution in [0.4, 0.5) is 0 Å². The molecule has 1 aliphatic rings. The Hall–Kier alpha value is -0.610. The van der Waals surface area contributed by atoms with E-state index in [9.17, 15) is 4.79 Å². The standard InChI is InChI=1S/C11H22N2O2/c1-2-15-9-4-3-7-13-11(14)10-6-5-8-12-10/h10,12H,2-9H2,1H3,(H,13,14). The summed E-state index contributed by atoms with van der Waals surface area (Å²) in [5.74, 6) is 0.156. The minimum Gasteiger partial charge on any atom is -0.382 e. The molecule has 1 amide bonds. The summed E-state index contributed by atoms with van der Waals surface area (Å²) in [6.45, 7) is 5.31. The molecule has 4 nitrogen and oxygen atoms in total. The average molecular weight is 214 g/mol. The molecule has 0 saturated carbocycles. The van der Waals surface area contributed by atoms with E-state index in [0.717, 1.165) is 52.0 Å². The summed E-state index contributed by atoms with van der Waals surface area (Å²) in [5, 5.41) is 6.13. The molecule has 0 aliphatic carbocycles. The molecule has 0 aromatic carbocycles. The SMILES string of the molecule is CCOCCCCNC(=O)C1CCCN1. The molecule has 1 saturated heterocycles. The van der Waals surface area contributed by atoms with Crippen molar-refractivity contribution < 1.29 is 9.53 Å². The Balaban J connectivity index is 1.92. The summed E-state index contributed by atoms with van der Waals surface area (Å²) >= 11 is 0. The van der Waals surface area contributed by atoms with Crippen molar-refractivity contribution in [3.05, 3.63) is 0 Å². The van der Waals surface area contributed by atoms with Gasteiger partial charge in [-0.1, -0.05) is 0 Å². The number of nitrogens with one attached hydrogen (secondary N) is 2. The smallest absolute Gasteiger partial charge is 0.237 e. The molecule has 1 atom stereocenters. The Morgan fingerprint density at radius 2 is 2.40 bits per heavy atom. The molecule has 0 radical (unpaired) electrons. The maximum Gasteiger partial charge on any atom is 0.237 e. The number of amides is 1. The molecule has 1 rings (SSSR count). The summed E-state index contributed by atoms with van der Waals surface area (Å²) in [6, 6.07) is 0.0527. The van der Waals surface area contributed by atoms with Gasteiger partial charge in [-0.2, -0.15) is 0 Å². The van der Waals surface area contributed by atoms with Crippen molar-refractivity contribution >= 4 is 5.91 Å². The van der Waals surface area contributed by atoms with Crippen molar-refractivity contribution in [1.29, 1.82) is 0 Å². The van der Waals surface area contributed by atoms with E-state index in [1.54, 1.807) is 0 Å². The van der Waals surface area contributed by atoms with E-state index in [1.165, 1.54) is 0 Å². The third kappa shape index (κ3) is 5.14. The van der Waals surface area contributed by atoms with Gasteiger partial charge in [0, 0.05) is 19.8 Å². The van der Waals surface area contributed by atoms with Crippen molar-refractivity contribution in [3.8, 4) is 0 Å². The van der Waals surface area contributed by atoms with Crippen LogP contribution >= 0.6 is 0 Å². The Morgan fingerprint density at radius 1 is 1.53 bits per heavy atom. The van der Waals surface area contributed by atoms with E-state index in [4.69, 9.17) is 4.74 Å². The van der Waals surface area contributed by atoms with Gasteiger partial charge in [-0.15, -0.1) is 0 Å². The third-order valence-corrected chi connectivity index (χ3v) is 2.60. The van der Waals surface area contributed by atoms with Crippen molar-refractivity contribution in [1.82, 2.24) is 10.6 Å². The molecule has 1 fully saturated rings. The van der Waals surface area contributed by atoms with Gasteiger partial charge in [0.05, 0.1) is 6.04 Å². The summed E-state index contributed by atoms with van der Waals surface area (Å²) in [5.41, 5.74) is 0. The van der Waals surface area contributed by atoms with Gasteiger partial charge in [-0.25, -0.2) is 0 Å². The predicted octanol–water partition coefficient (Wildman–Crippen LogP) is 0.671. The Kier molecular flexibility index (Phi) is 6.36. The van der Waals surface area contributed by atoms with Gasteiger partial charge in [-0.05, 0) is 39.2 Å². The van der Waals surface area contributed by atoms with Gasteiger partial charge >= 0.3 is 0 Å². The van der Waals surface area contributed by atoms with Crippen LogP contribution in [-0.2, 0) is 9.53 Å². The molecule has 88 valence electrons. The van der Waals surface area contributed by atoms with E-state index < -0.39 is 0 Å². The van der Waals surface area contributed by atoms with Gasteiger partial charge < -0.3 is 15.4 Å². The fraction of sp³-hybridized carbons (Fsp3) is 0.909. The quantitative estimate of drug-likeness (QED) is 0.612. The second kappa shape index (κ2) is 7.65. The van der Waals surface area contributed by atoms with Crippen LogP contribution in [0, 0.1) is 0 Å². The molecule has 1 unspecified atom stereocenters. The van der Waals surface area contributed by atoms with Gasteiger partial charge in [0.15, 0.2) is 0 Å². The molecule has 2 N–H and O–H groups in total. The lowest BCUT2D eigenvalue weighted by atomic mass is 10.2. The van der Waals surface area contributed by atoms with E-state index in [0.29, 0.717) is 0 Å². The molecule has 0 spiro atoms. The number of unbranched alkanes of at least 4 members (excludes halogenated alkanes) is 1. The van der Waals surface area contributed by atoms with Crippen LogP contribution < -0.4 is 10.6 Å². The molecule has 1 heterocycles. The number of carbonyl (C=O) groups excluding carboxylic acids is 1. The van der Waals surface area contributed by atoms with Crippen LogP contribution in [0.3, 0.4) is 0 Å². The minimum absolute atomic E-state index is 0.0527. The second-order valence-corrected chi connectivity index (χ2v) is 3.84. The molecule has 0 aromatic rings. The highest BCUT2D eigenvalue weighted by Crippen LogP contribution is 2.04. The molecular formula is C11H22N2O2. The zero-order valence-corrected chi connectivity index (χ0v) is 9.55. The van der Waals surface area contributed by atoms with Crippen molar-refractivity contribution in [2.45, 2.75) is 38.6 Å². The van der Waals surface area contributed by atoms with E-state index >= 15 is 0 Å². The summed E-state index contributed by atoms with van der Waals surface area (Å²) in [6.07, 6.45) is 4.11. The van der Waals surface area contributed by atoms with E-state index in [1.807, 2.05) is 6.92 Å². The Morgan fingerprint density at radius 3 is 3.07 bits per heavy atom. The maximum absolute atomic E-state index is 11.5. The van der Waals surface area contributed by atoms with Crippen LogP contribution in [0.25, 0.3) is 0 Å². The van der Waals surface area contributed by atoms with Crippen LogP contribution in [-0.4, -0.2) is 38.3 Å². The van der Waals surface area contributed by atoms with Crippen LogP contribution in [0.2, 0.25) is 0 Å². The maximum atomic E-state index is 11.5. The Labute approximate surface area is 91.8 Å². The highest BCUT2D eigenvalue weighted by Gasteiger charge is 2.20. The largest absolute Gasteiger partial charge is 0.382 e. The molecule has 0 bridgehead atoms. The molecule has 1 aliphatic heterocycles. The zero-order valence-electron chi connectivity index (χ0n) is 9.55. The molecule has 0 aromatic heterocycles. The third-order valence-electron chi connectivity index (χ3n) is 2.60. The number of carbonyl (C=O) groups is 1. The molecule has 15 heavy (non-hydrogen) atoms. The van der Waals surface area contributed by atoms with Crippen molar-refractivity contribution in [2.24, 2.45) is 0 Å². The van der Waals surface area contributed by atoms with Crippen LogP contribution in [0.5, 0.6) is 0 Å². The number of ether oxygens (including phenoxy) is 1. The topological polar surface area (TPSA) is 50.4 Å². The lowest BCUT2D eigenvalue weighted by Crippen LogP contribution is -2.40. The summed E-state index contributed by atoms with van der Waals surface area (Å²) in [4.78, 5) is 11.5. The first-order valence-electron chi connectivity index (χ1n) is 5.93. The molecule has 4 heteroatoms. The summed E-state index contributed by atoms with van der Waals surface area (Å²) < 4.78 is 5.22. The first-order chi connectivity index (χ1) is 7.34. The first-order valence-corrected chi connectivity index (χ1v) is 5.93. The normalized spacial score (nSPS) is 20.5. The van der Waals surface area contributed by atoms with Crippen molar-refractivity contribution in [2.75, 3.05) is 26.3 Å². The fourth-order valence-corrected chi connectivity index (χ4v) is 1.72. The number of rotatable bonds is 7. The van der Waals surface area contributed by atoms with Gasteiger partial charge in [0.2, 0.25) is 5.91 Å².